The smallest absolute Gasteiger partial charge is 0.150 e. The molecule has 0 aliphatic carbocycles. The van der Waals surface area contributed by atoms with E-state index in [4.69, 9.17) is 17.3 Å². The molecule has 0 fully saturated rings. The molecule has 3 nitrogen and oxygen atoms in total. The quantitative estimate of drug-likeness (QED) is 0.628. The molecule has 0 saturated carbocycles. The van der Waals surface area contributed by atoms with Crippen LogP contribution < -0.4 is 5.73 Å². The lowest BCUT2D eigenvalue weighted by Gasteiger charge is -2.20. The third-order valence-electron chi connectivity index (χ3n) is 2.08. The van der Waals surface area contributed by atoms with Crippen molar-refractivity contribution in [2.45, 2.75) is 25.4 Å². The van der Waals surface area contributed by atoms with Crippen LogP contribution in [0.2, 0.25) is 5.15 Å². The molecule has 2 rings (SSSR count). The molecule has 2 heterocycles. The van der Waals surface area contributed by atoms with Crippen LogP contribution in [0.1, 0.15) is 12.1 Å². The van der Waals surface area contributed by atoms with Gasteiger partial charge in [-0.25, -0.2) is 4.98 Å². The van der Waals surface area contributed by atoms with Crippen molar-refractivity contribution in [3.63, 3.8) is 0 Å². The van der Waals surface area contributed by atoms with Crippen LogP contribution in [-0.4, -0.2) is 15.6 Å². The highest BCUT2D eigenvalue weighted by Crippen LogP contribution is 2.20. The summed E-state index contributed by atoms with van der Waals surface area (Å²) in [6, 6.07) is 0.271. The Balaban J connectivity index is 2.36. The standard InChI is InChI=1S/C7H10ClN3/c8-7-6-2-1-5(9)3-11(6)4-10-7/h4-5H,1-3,9H2. The van der Waals surface area contributed by atoms with Crippen molar-refractivity contribution in [1.29, 1.82) is 0 Å². The number of rotatable bonds is 0. The van der Waals surface area contributed by atoms with Crippen LogP contribution >= 0.6 is 11.6 Å². The summed E-state index contributed by atoms with van der Waals surface area (Å²) in [6.07, 6.45) is 3.74. The first-order valence-corrected chi connectivity index (χ1v) is 4.10. The molecule has 0 spiro atoms. The van der Waals surface area contributed by atoms with Gasteiger partial charge in [-0.15, -0.1) is 0 Å². The Labute approximate surface area is 70.2 Å². The minimum absolute atomic E-state index is 0.271. The number of aromatic nitrogens is 2. The van der Waals surface area contributed by atoms with Crippen LogP contribution in [0.3, 0.4) is 0 Å². The molecule has 1 aliphatic heterocycles. The number of hydrogen-bond donors (Lipinski definition) is 1. The second-order valence-corrected chi connectivity index (χ2v) is 3.29. The largest absolute Gasteiger partial charge is 0.332 e. The van der Waals surface area contributed by atoms with Crippen molar-refractivity contribution in [3.05, 3.63) is 17.2 Å². The molecule has 0 amide bonds. The topological polar surface area (TPSA) is 43.8 Å². The monoisotopic (exact) mass is 171 g/mol. The van der Waals surface area contributed by atoms with Gasteiger partial charge in [-0.2, -0.15) is 0 Å². The van der Waals surface area contributed by atoms with E-state index in [2.05, 4.69) is 4.98 Å². The van der Waals surface area contributed by atoms with E-state index in [9.17, 15) is 0 Å². The van der Waals surface area contributed by atoms with Gasteiger partial charge in [-0.05, 0) is 12.8 Å². The molecule has 0 aromatic carbocycles. The zero-order valence-corrected chi connectivity index (χ0v) is 6.88. The number of imidazole rings is 1. The predicted octanol–water partition coefficient (Wildman–Crippen LogP) is 0.810. The minimum Gasteiger partial charge on any atom is -0.332 e. The highest BCUT2D eigenvalue weighted by Gasteiger charge is 2.17. The van der Waals surface area contributed by atoms with E-state index in [1.54, 1.807) is 6.33 Å². The van der Waals surface area contributed by atoms with Gasteiger partial charge in [0.1, 0.15) is 5.15 Å². The maximum atomic E-state index is 5.83. The Hall–Kier alpha value is -0.540. The summed E-state index contributed by atoms with van der Waals surface area (Å²) in [5.74, 6) is 0. The van der Waals surface area contributed by atoms with Crippen molar-refractivity contribution in [2.24, 2.45) is 5.73 Å². The maximum Gasteiger partial charge on any atom is 0.150 e. The van der Waals surface area contributed by atoms with E-state index >= 15 is 0 Å². The highest BCUT2D eigenvalue weighted by molar-refractivity contribution is 6.30. The third-order valence-corrected chi connectivity index (χ3v) is 2.39. The van der Waals surface area contributed by atoms with Gasteiger partial charge in [0, 0.05) is 12.6 Å². The average Bonchev–Trinajstić information content (AvgIpc) is 2.32. The van der Waals surface area contributed by atoms with Crippen LogP contribution in [0, 0.1) is 0 Å². The summed E-state index contributed by atoms with van der Waals surface area (Å²) in [6.45, 7) is 0.856. The zero-order valence-electron chi connectivity index (χ0n) is 6.13. The Morgan fingerprint density at radius 1 is 1.73 bits per heavy atom. The van der Waals surface area contributed by atoms with Crippen LogP contribution in [0.4, 0.5) is 0 Å². The SMILES string of the molecule is NC1CCc2c(Cl)ncn2C1. The first-order valence-electron chi connectivity index (χ1n) is 3.72. The first kappa shape index (κ1) is 7.13. The van der Waals surface area contributed by atoms with Gasteiger partial charge in [-0.1, -0.05) is 11.6 Å². The van der Waals surface area contributed by atoms with E-state index in [0.717, 1.165) is 25.1 Å². The molecule has 0 bridgehead atoms. The van der Waals surface area contributed by atoms with E-state index in [0.29, 0.717) is 5.15 Å². The van der Waals surface area contributed by atoms with E-state index in [1.165, 1.54) is 0 Å². The van der Waals surface area contributed by atoms with Crippen LogP contribution in [0.15, 0.2) is 6.33 Å². The Kier molecular flexibility index (Phi) is 1.62. The third kappa shape index (κ3) is 1.14. The minimum atomic E-state index is 0.271. The maximum absolute atomic E-state index is 5.83. The fourth-order valence-electron chi connectivity index (χ4n) is 1.45. The molecule has 1 aliphatic rings. The van der Waals surface area contributed by atoms with Crippen molar-refractivity contribution in [1.82, 2.24) is 9.55 Å². The molecule has 1 unspecified atom stereocenters. The second kappa shape index (κ2) is 2.50. The van der Waals surface area contributed by atoms with Gasteiger partial charge >= 0.3 is 0 Å². The fraction of sp³-hybridized carbons (Fsp3) is 0.571. The van der Waals surface area contributed by atoms with Crippen LogP contribution in [0.25, 0.3) is 0 Å². The first-order chi connectivity index (χ1) is 5.27. The van der Waals surface area contributed by atoms with Crippen molar-refractivity contribution in [2.75, 3.05) is 0 Å². The second-order valence-electron chi connectivity index (χ2n) is 2.93. The summed E-state index contributed by atoms with van der Waals surface area (Å²) in [5, 5.41) is 0.636. The zero-order chi connectivity index (χ0) is 7.84. The lowest BCUT2D eigenvalue weighted by molar-refractivity contribution is 0.460. The summed E-state index contributed by atoms with van der Waals surface area (Å²) < 4.78 is 2.04. The molecule has 2 N–H and O–H groups in total. The van der Waals surface area contributed by atoms with Crippen LogP contribution in [0.5, 0.6) is 0 Å². The van der Waals surface area contributed by atoms with E-state index < -0.39 is 0 Å². The fourth-order valence-corrected chi connectivity index (χ4v) is 1.70. The summed E-state index contributed by atoms with van der Waals surface area (Å²) in [7, 11) is 0. The summed E-state index contributed by atoms with van der Waals surface area (Å²) >= 11 is 5.83. The van der Waals surface area contributed by atoms with Crippen molar-refractivity contribution in [3.8, 4) is 0 Å². The van der Waals surface area contributed by atoms with Gasteiger partial charge in [0.05, 0.1) is 12.0 Å². The summed E-state index contributed by atoms with van der Waals surface area (Å²) in [4.78, 5) is 4.01. The number of nitrogens with zero attached hydrogens (tertiary/aromatic N) is 2. The van der Waals surface area contributed by atoms with Crippen LogP contribution in [-0.2, 0) is 13.0 Å². The number of fused-ring (bicyclic) bond motifs is 1. The highest BCUT2D eigenvalue weighted by atomic mass is 35.5. The molecule has 1 atom stereocenters. The number of halogens is 1. The molecule has 4 heteroatoms. The Bertz CT molecular complexity index is 269. The lowest BCUT2D eigenvalue weighted by Crippen LogP contribution is -2.31. The Morgan fingerprint density at radius 2 is 2.55 bits per heavy atom. The van der Waals surface area contributed by atoms with E-state index in [-0.39, 0.29) is 6.04 Å². The lowest BCUT2D eigenvalue weighted by atomic mass is 10.1. The summed E-state index contributed by atoms with van der Waals surface area (Å²) in [5.41, 5.74) is 6.90. The molecular weight excluding hydrogens is 162 g/mol. The van der Waals surface area contributed by atoms with Gasteiger partial charge in [0.25, 0.3) is 0 Å². The number of nitrogens with two attached hydrogens (primary N) is 1. The predicted molar refractivity (Wildman–Crippen MR) is 43.5 cm³/mol. The van der Waals surface area contributed by atoms with Gasteiger partial charge in [0.2, 0.25) is 0 Å². The molecule has 0 radical (unpaired) electrons. The molecule has 1 aromatic heterocycles. The van der Waals surface area contributed by atoms with Gasteiger partial charge < -0.3 is 10.3 Å². The van der Waals surface area contributed by atoms with E-state index in [1.807, 2.05) is 4.57 Å². The molecular formula is C7H10ClN3. The molecule has 1 aromatic rings. The van der Waals surface area contributed by atoms with Crippen molar-refractivity contribution >= 4 is 11.6 Å². The molecule has 11 heavy (non-hydrogen) atoms. The average molecular weight is 172 g/mol. The Morgan fingerprint density at radius 3 is 3.36 bits per heavy atom. The molecule has 0 saturated heterocycles. The molecule has 60 valence electrons. The van der Waals surface area contributed by atoms with Gasteiger partial charge in [-0.3, -0.25) is 0 Å². The van der Waals surface area contributed by atoms with Crippen molar-refractivity contribution < 1.29 is 0 Å². The van der Waals surface area contributed by atoms with Gasteiger partial charge in [0.15, 0.2) is 0 Å². The normalized spacial score (nSPS) is 23.3. The number of hydrogen-bond acceptors (Lipinski definition) is 2.